The van der Waals surface area contributed by atoms with Gasteiger partial charge in [-0.25, -0.2) is 0 Å². The second-order valence-electron chi connectivity index (χ2n) is 5.84. The lowest BCUT2D eigenvalue weighted by Crippen LogP contribution is -2.03. The van der Waals surface area contributed by atoms with Crippen LogP contribution in [0.15, 0.2) is 30.3 Å². The summed E-state index contributed by atoms with van der Waals surface area (Å²) in [5.74, 6) is 2.23. The van der Waals surface area contributed by atoms with Gasteiger partial charge in [-0.3, -0.25) is 0 Å². The Hall–Kier alpha value is -2.62. The molecule has 0 radical (unpaired) electrons. The SMILES string of the molecule is COc1cc2c(cc1O)C(c1cc(OC)c(C)c(OC)c1)=CCC2. The van der Waals surface area contributed by atoms with Crippen LogP contribution in [0.1, 0.15) is 28.7 Å². The summed E-state index contributed by atoms with van der Waals surface area (Å²) >= 11 is 0. The number of methoxy groups -OCH3 is 3. The molecule has 1 aliphatic carbocycles. The molecule has 0 fully saturated rings. The van der Waals surface area contributed by atoms with Crippen LogP contribution in [-0.4, -0.2) is 26.4 Å². The third-order valence-corrected chi connectivity index (χ3v) is 4.52. The second-order valence-corrected chi connectivity index (χ2v) is 5.84. The Morgan fingerprint density at radius 2 is 1.50 bits per heavy atom. The van der Waals surface area contributed by atoms with E-state index in [1.807, 2.05) is 25.1 Å². The van der Waals surface area contributed by atoms with Crippen LogP contribution in [-0.2, 0) is 6.42 Å². The minimum absolute atomic E-state index is 0.148. The molecule has 4 nitrogen and oxygen atoms in total. The molecule has 0 amide bonds. The van der Waals surface area contributed by atoms with Crippen molar-refractivity contribution in [3.05, 3.63) is 52.6 Å². The Kier molecular flexibility index (Phi) is 4.38. The molecular formula is C20H22O4. The first-order chi connectivity index (χ1) is 11.6. The number of rotatable bonds is 4. The molecule has 2 aromatic rings. The second kappa shape index (κ2) is 6.48. The highest BCUT2D eigenvalue weighted by Gasteiger charge is 2.19. The fourth-order valence-corrected chi connectivity index (χ4v) is 3.23. The van der Waals surface area contributed by atoms with Crippen molar-refractivity contribution in [2.75, 3.05) is 21.3 Å². The number of phenolic OH excluding ortho intramolecular Hbond substituents is 1. The standard InChI is InChI=1S/C20H22O4/c1-12-18(22-2)9-14(10-19(12)23-3)15-7-5-6-13-8-20(24-4)17(21)11-16(13)15/h7-11,21H,5-6H2,1-4H3. The Morgan fingerprint density at radius 1 is 0.875 bits per heavy atom. The van der Waals surface area contributed by atoms with E-state index in [4.69, 9.17) is 14.2 Å². The molecule has 0 bridgehead atoms. The van der Waals surface area contributed by atoms with Crippen molar-refractivity contribution in [1.29, 1.82) is 0 Å². The van der Waals surface area contributed by atoms with E-state index in [-0.39, 0.29) is 5.75 Å². The van der Waals surface area contributed by atoms with E-state index >= 15 is 0 Å². The fourth-order valence-electron chi connectivity index (χ4n) is 3.23. The molecule has 0 heterocycles. The van der Waals surface area contributed by atoms with Crippen LogP contribution in [0, 0.1) is 6.92 Å². The van der Waals surface area contributed by atoms with E-state index in [0.717, 1.165) is 46.6 Å². The predicted octanol–water partition coefficient (Wildman–Crippen LogP) is 4.10. The highest BCUT2D eigenvalue weighted by atomic mass is 16.5. The number of benzene rings is 2. The molecule has 0 atom stereocenters. The number of hydrogen-bond acceptors (Lipinski definition) is 4. The maximum absolute atomic E-state index is 10.2. The van der Waals surface area contributed by atoms with Crippen LogP contribution >= 0.6 is 0 Å². The van der Waals surface area contributed by atoms with Crippen LogP contribution in [0.3, 0.4) is 0 Å². The van der Waals surface area contributed by atoms with Crippen LogP contribution in [0.25, 0.3) is 5.57 Å². The molecule has 0 saturated heterocycles. The van der Waals surface area contributed by atoms with Crippen molar-refractivity contribution >= 4 is 5.57 Å². The monoisotopic (exact) mass is 326 g/mol. The van der Waals surface area contributed by atoms with Gasteiger partial charge in [0.1, 0.15) is 11.5 Å². The van der Waals surface area contributed by atoms with Crippen molar-refractivity contribution < 1.29 is 19.3 Å². The Bertz CT molecular complexity index is 781. The van der Waals surface area contributed by atoms with Crippen LogP contribution in [0.4, 0.5) is 0 Å². The van der Waals surface area contributed by atoms with E-state index in [1.165, 1.54) is 5.56 Å². The summed E-state index contributed by atoms with van der Waals surface area (Å²) in [4.78, 5) is 0. The highest BCUT2D eigenvalue weighted by molar-refractivity contribution is 5.85. The van der Waals surface area contributed by atoms with Gasteiger partial charge >= 0.3 is 0 Å². The van der Waals surface area contributed by atoms with Gasteiger partial charge in [0.2, 0.25) is 0 Å². The molecule has 1 N–H and O–H groups in total. The lowest BCUT2D eigenvalue weighted by molar-refractivity contribution is 0.373. The van der Waals surface area contributed by atoms with Crippen molar-refractivity contribution in [3.63, 3.8) is 0 Å². The van der Waals surface area contributed by atoms with Gasteiger partial charge in [0, 0.05) is 5.56 Å². The molecule has 0 aliphatic heterocycles. The maximum Gasteiger partial charge on any atom is 0.160 e. The zero-order chi connectivity index (χ0) is 17.3. The van der Waals surface area contributed by atoms with E-state index in [2.05, 4.69) is 6.08 Å². The van der Waals surface area contributed by atoms with Gasteiger partial charge in [0.15, 0.2) is 11.5 Å². The third kappa shape index (κ3) is 2.68. The highest BCUT2D eigenvalue weighted by Crippen LogP contribution is 2.41. The first kappa shape index (κ1) is 16.2. The Labute approximate surface area is 142 Å². The molecule has 0 aromatic heterocycles. The van der Waals surface area contributed by atoms with Gasteiger partial charge in [-0.05, 0) is 66.3 Å². The van der Waals surface area contributed by atoms with Crippen molar-refractivity contribution in [2.45, 2.75) is 19.8 Å². The lowest BCUT2D eigenvalue weighted by Gasteiger charge is -2.21. The predicted molar refractivity (Wildman–Crippen MR) is 94.3 cm³/mol. The van der Waals surface area contributed by atoms with E-state index in [1.54, 1.807) is 27.4 Å². The summed E-state index contributed by atoms with van der Waals surface area (Å²) in [6.07, 6.45) is 4.06. The molecule has 3 rings (SSSR count). The number of allylic oxidation sites excluding steroid dienone is 1. The number of hydrogen-bond donors (Lipinski definition) is 1. The van der Waals surface area contributed by atoms with Crippen LogP contribution in [0.5, 0.6) is 23.0 Å². The maximum atomic E-state index is 10.2. The van der Waals surface area contributed by atoms with Crippen LogP contribution in [0.2, 0.25) is 0 Å². The average molecular weight is 326 g/mol. The summed E-state index contributed by atoms with van der Waals surface area (Å²) in [6.45, 7) is 1.97. The normalized spacial score (nSPS) is 13.1. The number of aryl methyl sites for hydroxylation is 1. The van der Waals surface area contributed by atoms with Gasteiger partial charge in [-0.2, -0.15) is 0 Å². The van der Waals surface area contributed by atoms with E-state index in [9.17, 15) is 5.11 Å². The topological polar surface area (TPSA) is 47.9 Å². The molecule has 126 valence electrons. The summed E-state index contributed by atoms with van der Waals surface area (Å²) in [5.41, 5.74) is 5.25. The third-order valence-electron chi connectivity index (χ3n) is 4.52. The zero-order valence-electron chi connectivity index (χ0n) is 14.5. The van der Waals surface area contributed by atoms with Crippen molar-refractivity contribution in [1.82, 2.24) is 0 Å². The molecule has 2 aromatic carbocycles. The van der Waals surface area contributed by atoms with Crippen molar-refractivity contribution in [3.8, 4) is 23.0 Å². The number of ether oxygens (including phenoxy) is 3. The van der Waals surface area contributed by atoms with E-state index in [0.29, 0.717) is 5.75 Å². The van der Waals surface area contributed by atoms with Gasteiger partial charge in [-0.1, -0.05) is 6.08 Å². The molecule has 4 heteroatoms. The lowest BCUT2D eigenvalue weighted by atomic mass is 9.86. The van der Waals surface area contributed by atoms with Gasteiger partial charge in [0.25, 0.3) is 0 Å². The first-order valence-electron chi connectivity index (χ1n) is 7.92. The van der Waals surface area contributed by atoms with Crippen molar-refractivity contribution in [2.24, 2.45) is 0 Å². The zero-order valence-corrected chi connectivity index (χ0v) is 14.5. The quantitative estimate of drug-likeness (QED) is 0.919. The average Bonchev–Trinajstić information content (AvgIpc) is 2.61. The van der Waals surface area contributed by atoms with Gasteiger partial charge in [-0.15, -0.1) is 0 Å². The molecule has 0 saturated carbocycles. The Balaban J connectivity index is 2.15. The number of aromatic hydroxyl groups is 1. The minimum atomic E-state index is 0.148. The Morgan fingerprint density at radius 3 is 2.08 bits per heavy atom. The largest absolute Gasteiger partial charge is 0.504 e. The fraction of sp³-hybridized carbons (Fsp3) is 0.300. The number of phenols is 1. The van der Waals surface area contributed by atoms with Gasteiger partial charge < -0.3 is 19.3 Å². The molecule has 1 aliphatic rings. The number of fused-ring (bicyclic) bond motifs is 1. The summed E-state index contributed by atoms with van der Waals surface area (Å²) in [5, 5.41) is 10.2. The smallest absolute Gasteiger partial charge is 0.160 e. The first-order valence-corrected chi connectivity index (χ1v) is 7.92. The van der Waals surface area contributed by atoms with E-state index < -0.39 is 0 Å². The molecular weight excluding hydrogens is 304 g/mol. The van der Waals surface area contributed by atoms with Gasteiger partial charge in [0.05, 0.1) is 21.3 Å². The summed E-state index contributed by atoms with van der Waals surface area (Å²) in [7, 11) is 4.88. The molecule has 0 spiro atoms. The molecule has 24 heavy (non-hydrogen) atoms. The summed E-state index contributed by atoms with van der Waals surface area (Å²) in [6, 6.07) is 7.72. The molecule has 0 unspecified atom stereocenters. The minimum Gasteiger partial charge on any atom is -0.504 e. The van der Waals surface area contributed by atoms with Crippen LogP contribution < -0.4 is 14.2 Å². The summed E-state index contributed by atoms with van der Waals surface area (Å²) < 4.78 is 16.2.